The van der Waals surface area contributed by atoms with E-state index in [2.05, 4.69) is 73.2 Å². The molecule has 0 spiro atoms. The van der Waals surface area contributed by atoms with Crippen molar-refractivity contribution in [1.29, 1.82) is 0 Å². The van der Waals surface area contributed by atoms with Gasteiger partial charge in [-0.2, -0.15) is 0 Å². The topological polar surface area (TPSA) is 24.1 Å². The van der Waals surface area contributed by atoms with Crippen molar-refractivity contribution in [3.63, 3.8) is 0 Å². The van der Waals surface area contributed by atoms with Crippen LogP contribution >= 0.6 is 0 Å². The molecule has 0 heterocycles. The van der Waals surface area contributed by atoms with Crippen LogP contribution in [-0.2, 0) is 6.42 Å². The molecule has 0 aromatic heterocycles. The maximum atomic E-state index is 4.22. The molecule has 2 N–H and O–H groups in total. The molecule has 23 heavy (non-hydrogen) atoms. The fraction of sp³-hybridized carbons (Fsp3) is 0.333. The fourth-order valence-corrected chi connectivity index (χ4v) is 2.43. The van der Waals surface area contributed by atoms with E-state index in [1.165, 1.54) is 11.1 Å². The van der Waals surface area contributed by atoms with Crippen LogP contribution in [0.15, 0.2) is 78.7 Å². The summed E-state index contributed by atoms with van der Waals surface area (Å²) in [6, 6.07) is 10.6. The Labute approximate surface area is 141 Å². The summed E-state index contributed by atoms with van der Waals surface area (Å²) in [5.74, 6) is 0. The van der Waals surface area contributed by atoms with Crippen molar-refractivity contribution >= 4 is 0 Å². The van der Waals surface area contributed by atoms with Gasteiger partial charge in [0.25, 0.3) is 0 Å². The van der Waals surface area contributed by atoms with Crippen molar-refractivity contribution in [2.24, 2.45) is 0 Å². The highest BCUT2D eigenvalue weighted by molar-refractivity contribution is 5.23. The van der Waals surface area contributed by atoms with Gasteiger partial charge in [-0.25, -0.2) is 0 Å². The first kappa shape index (κ1) is 18.8. The van der Waals surface area contributed by atoms with Crippen LogP contribution in [0.2, 0.25) is 0 Å². The zero-order valence-electron chi connectivity index (χ0n) is 14.7. The molecule has 2 nitrogen and oxygen atoms in total. The van der Waals surface area contributed by atoms with E-state index in [0.717, 1.165) is 30.8 Å². The van der Waals surface area contributed by atoms with E-state index >= 15 is 0 Å². The first-order chi connectivity index (χ1) is 11.1. The summed E-state index contributed by atoms with van der Waals surface area (Å²) in [6.45, 7) is 15.2. The molecular formula is C21H30N2. The van der Waals surface area contributed by atoms with Crippen LogP contribution in [0.25, 0.3) is 0 Å². The van der Waals surface area contributed by atoms with Gasteiger partial charge in [0.1, 0.15) is 0 Å². The van der Waals surface area contributed by atoms with Crippen molar-refractivity contribution in [3.05, 3.63) is 84.2 Å². The van der Waals surface area contributed by atoms with Crippen molar-refractivity contribution < 1.29 is 0 Å². The number of nitrogens with one attached hydrogen (secondary N) is 2. The lowest BCUT2D eigenvalue weighted by Gasteiger charge is -2.24. The molecule has 0 fully saturated rings. The summed E-state index contributed by atoms with van der Waals surface area (Å²) in [4.78, 5) is 0. The van der Waals surface area contributed by atoms with Gasteiger partial charge in [0.15, 0.2) is 0 Å². The first-order valence-corrected chi connectivity index (χ1v) is 8.23. The number of benzene rings is 1. The van der Waals surface area contributed by atoms with Gasteiger partial charge < -0.3 is 10.6 Å². The second-order valence-corrected chi connectivity index (χ2v) is 5.73. The Kier molecular flexibility index (Phi) is 8.59. The van der Waals surface area contributed by atoms with Crippen LogP contribution in [-0.4, -0.2) is 12.6 Å². The number of allylic oxidation sites excluding steroid dienone is 4. The van der Waals surface area contributed by atoms with E-state index in [4.69, 9.17) is 0 Å². The Morgan fingerprint density at radius 2 is 1.87 bits per heavy atom. The quantitative estimate of drug-likeness (QED) is 0.610. The second kappa shape index (κ2) is 10.5. The smallest absolute Gasteiger partial charge is 0.0690 e. The van der Waals surface area contributed by atoms with Crippen LogP contribution in [0.4, 0.5) is 0 Å². The molecule has 0 amide bonds. The summed E-state index contributed by atoms with van der Waals surface area (Å²) in [7, 11) is 0. The molecule has 1 rings (SSSR count). The molecule has 0 saturated carbocycles. The number of hydrogen-bond acceptors (Lipinski definition) is 2. The van der Waals surface area contributed by atoms with Gasteiger partial charge in [-0.1, -0.05) is 67.3 Å². The summed E-state index contributed by atoms with van der Waals surface area (Å²) in [5.41, 5.74) is 4.59. The number of hydrogen-bond donors (Lipinski definition) is 2. The van der Waals surface area contributed by atoms with Gasteiger partial charge in [0.2, 0.25) is 0 Å². The van der Waals surface area contributed by atoms with Crippen LogP contribution in [0.5, 0.6) is 0 Å². The predicted octanol–water partition coefficient (Wildman–Crippen LogP) is 4.74. The van der Waals surface area contributed by atoms with Crippen molar-refractivity contribution in [1.82, 2.24) is 10.6 Å². The standard InChI is InChI=1S/C21H30N2/c1-6-11-19(7-2)16-21(23-17(3)4)18(5)22-15-14-20-12-9-8-10-13-20/h6-13,21-23H,3,5,14-16H2,1-2,4H3/b11-6-,19-7+. The molecule has 0 bridgehead atoms. The molecule has 2 heteroatoms. The summed E-state index contributed by atoms with van der Waals surface area (Å²) in [6.07, 6.45) is 8.24. The maximum absolute atomic E-state index is 4.22. The lowest BCUT2D eigenvalue weighted by Crippen LogP contribution is -2.36. The van der Waals surface area contributed by atoms with E-state index in [1.54, 1.807) is 0 Å². The van der Waals surface area contributed by atoms with Gasteiger partial charge in [-0.05, 0) is 39.2 Å². The van der Waals surface area contributed by atoms with Gasteiger partial charge >= 0.3 is 0 Å². The monoisotopic (exact) mass is 310 g/mol. The SMILES string of the molecule is C=C(C)NC(CC(/C=C\C)=C/C)C(=C)NCCc1ccccc1. The van der Waals surface area contributed by atoms with Crippen LogP contribution in [0, 0.1) is 0 Å². The fourth-order valence-electron chi connectivity index (χ4n) is 2.43. The van der Waals surface area contributed by atoms with E-state index in [-0.39, 0.29) is 6.04 Å². The third kappa shape index (κ3) is 7.55. The van der Waals surface area contributed by atoms with Crippen molar-refractivity contribution in [2.45, 2.75) is 39.7 Å². The molecule has 1 atom stereocenters. The highest BCUT2D eigenvalue weighted by atomic mass is 15.0. The van der Waals surface area contributed by atoms with Crippen molar-refractivity contribution in [3.8, 4) is 0 Å². The van der Waals surface area contributed by atoms with E-state index in [1.807, 2.05) is 19.9 Å². The highest BCUT2D eigenvalue weighted by Gasteiger charge is 2.13. The van der Waals surface area contributed by atoms with E-state index in [9.17, 15) is 0 Å². The third-order valence-electron chi connectivity index (χ3n) is 3.64. The molecule has 1 aromatic rings. The van der Waals surface area contributed by atoms with Crippen LogP contribution < -0.4 is 10.6 Å². The average molecular weight is 310 g/mol. The Bertz CT molecular complexity index is 552. The van der Waals surface area contributed by atoms with E-state index in [0.29, 0.717) is 0 Å². The van der Waals surface area contributed by atoms with Crippen LogP contribution in [0.1, 0.15) is 32.8 Å². The Morgan fingerprint density at radius 1 is 1.17 bits per heavy atom. The normalized spacial score (nSPS) is 12.9. The minimum Gasteiger partial charge on any atom is -0.387 e. The van der Waals surface area contributed by atoms with Gasteiger partial charge in [0, 0.05) is 17.9 Å². The van der Waals surface area contributed by atoms with Gasteiger partial charge in [-0.3, -0.25) is 0 Å². The molecule has 0 saturated heterocycles. The second-order valence-electron chi connectivity index (χ2n) is 5.73. The summed E-state index contributed by atoms with van der Waals surface area (Å²) < 4.78 is 0. The lowest BCUT2D eigenvalue weighted by atomic mass is 10.0. The highest BCUT2D eigenvalue weighted by Crippen LogP contribution is 2.13. The average Bonchev–Trinajstić information content (AvgIpc) is 2.54. The molecule has 0 radical (unpaired) electrons. The number of rotatable bonds is 10. The molecular weight excluding hydrogens is 280 g/mol. The lowest BCUT2D eigenvalue weighted by molar-refractivity contribution is 0.586. The largest absolute Gasteiger partial charge is 0.387 e. The third-order valence-corrected chi connectivity index (χ3v) is 3.64. The van der Waals surface area contributed by atoms with E-state index < -0.39 is 0 Å². The predicted molar refractivity (Wildman–Crippen MR) is 102 cm³/mol. The molecule has 0 aliphatic carbocycles. The molecule has 1 unspecified atom stereocenters. The Morgan fingerprint density at radius 3 is 2.43 bits per heavy atom. The molecule has 124 valence electrons. The zero-order chi connectivity index (χ0) is 17.1. The first-order valence-electron chi connectivity index (χ1n) is 8.23. The maximum Gasteiger partial charge on any atom is 0.0690 e. The molecule has 0 aliphatic rings. The zero-order valence-corrected chi connectivity index (χ0v) is 14.7. The Balaban J connectivity index is 2.59. The summed E-state index contributed by atoms with van der Waals surface area (Å²) >= 11 is 0. The summed E-state index contributed by atoms with van der Waals surface area (Å²) in [5, 5.41) is 6.88. The minimum atomic E-state index is 0.144. The Hall–Kier alpha value is -2.22. The van der Waals surface area contributed by atoms with Crippen molar-refractivity contribution in [2.75, 3.05) is 6.54 Å². The van der Waals surface area contributed by atoms with Gasteiger partial charge in [-0.15, -0.1) is 0 Å². The minimum absolute atomic E-state index is 0.144. The van der Waals surface area contributed by atoms with Gasteiger partial charge in [0.05, 0.1) is 6.04 Å². The molecule has 1 aromatic carbocycles. The van der Waals surface area contributed by atoms with Crippen LogP contribution in [0.3, 0.4) is 0 Å². The molecule has 0 aliphatic heterocycles.